The summed E-state index contributed by atoms with van der Waals surface area (Å²) in [6, 6.07) is 32.9. The predicted octanol–water partition coefficient (Wildman–Crippen LogP) is 5.68. The molecular weight excluding hydrogens is 330 g/mol. The molecule has 4 aromatic rings. The van der Waals surface area contributed by atoms with E-state index < -0.39 is 0 Å². The first-order valence-corrected chi connectivity index (χ1v) is 9.02. The quantitative estimate of drug-likeness (QED) is 0.463. The van der Waals surface area contributed by atoms with Crippen molar-refractivity contribution >= 4 is 22.3 Å². The average molecular weight is 351 g/mol. The number of pyridine rings is 1. The maximum atomic E-state index is 4.18. The lowest BCUT2D eigenvalue weighted by atomic mass is 10.2. The zero-order valence-corrected chi connectivity index (χ0v) is 15.0. The highest BCUT2D eigenvalue weighted by Crippen LogP contribution is 2.23. The Hall–Kier alpha value is -3.59. The number of nitrogens with zero attached hydrogens (tertiary/aromatic N) is 3. The van der Waals surface area contributed by atoms with Gasteiger partial charge in [0, 0.05) is 35.4 Å². The third-order valence-electron chi connectivity index (χ3n) is 4.42. The van der Waals surface area contributed by atoms with Crippen LogP contribution in [0.4, 0.5) is 11.4 Å². The largest absolute Gasteiger partial charge is 0.328 e. The van der Waals surface area contributed by atoms with Crippen LogP contribution in [-0.4, -0.2) is 11.7 Å². The summed E-state index contributed by atoms with van der Waals surface area (Å²) < 4.78 is 0. The number of hydrogen-bond donors (Lipinski definition) is 0. The molecule has 0 unspecified atom stereocenters. The highest BCUT2D eigenvalue weighted by Gasteiger charge is 2.14. The van der Waals surface area contributed by atoms with Gasteiger partial charge in [-0.05, 0) is 36.4 Å². The molecule has 0 N–H and O–H groups in total. The second-order valence-electron chi connectivity index (χ2n) is 6.25. The van der Waals surface area contributed by atoms with Crippen molar-refractivity contribution < 1.29 is 0 Å². The van der Waals surface area contributed by atoms with Gasteiger partial charge in [0.1, 0.15) is 0 Å². The molecule has 0 atom stereocenters. The molecule has 0 amide bonds. The smallest absolute Gasteiger partial charge is 0.0989 e. The Labute approximate surface area is 159 Å². The molecule has 132 valence electrons. The Morgan fingerprint density at radius 3 is 1.67 bits per heavy atom. The second-order valence-corrected chi connectivity index (χ2v) is 6.25. The van der Waals surface area contributed by atoms with Gasteiger partial charge < -0.3 is 9.80 Å². The van der Waals surface area contributed by atoms with Crippen molar-refractivity contribution in [3.05, 3.63) is 116 Å². The number of para-hydroxylation sites is 3. The number of hydrogen-bond acceptors (Lipinski definition) is 3. The highest BCUT2D eigenvalue weighted by atomic mass is 15.3. The van der Waals surface area contributed by atoms with Crippen molar-refractivity contribution in [1.82, 2.24) is 4.98 Å². The number of anilines is 2. The summed E-state index contributed by atoms with van der Waals surface area (Å²) in [5.74, 6) is 0. The van der Waals surface area contributed by atoms with Crippen LogP contribution in [0.3, 0.4) is 0 Å². The molecule has 3 nitrogen and oxygen atoms in total. The molecule has 1 aliphatic heterocycles. The molecule has 3 aromatic carbocycles. The van der Waals surface area contributed by atoms with Crippen molar-refractivity contribution in [2.24, 2.45) is 0 Å². The molecule has 0 spiro atoms. The minimum atomic E-state index is 0.869. The fourth-order valence-corrected chi connectivity index (χ4v) is 3.01. The fraction of sp³-hybridized carbons (Fsp3) is 0.0417. The van der Waals surface area contributed by atoms with Gasteiger partial charge in [0.25, 0.3) is 0 Å². The lowest BCUT2D eigenvalue weighted by Crippen LogP contribution is -2.24. The minimum absolute atomic E-state index is 0.869. The molecular formula is C24H21N3. The van der Waals surface area contributed by atoms with Gasteiger partial charge in [-0.2, -0.15) is 0 Å². The molecule has 27 heavy (non-hydrogen) atoms. The van der Waals surface area contributed by atoms with Gasteiger partial charge in [-0.1, -0.05) is 60.7 Å². The SMILES string of the molecule is C1=CN(c2ccccc2)CN1c1ccccc1.c1ccc2ncccc2c1. The molecule has 0 aliphatic carbocycles. The van der Waals surface area contributed by atoms with Crippen LogP contribution in [0.1, 0.15) is 0 Å². The van der Waals surface area contributed by atoms with Crippen LogP contribution in [0.15, 0.2) is 116 Å². The van der Waals surface area contributed by atoms with E-state index in [4.69, 9.17) is 0 Å². The maximum Gasteiger partial charge on any atom is 0.0989 e. The molecule has 1 aromatic heterocycles. The zero-order valence-electron chi connectivity index (χ0n) is 15.0. The molecule has 0 fully saturated rings. The summed E-state index contributed by atoms with van der Waals surface area (Å²) in [6.45, 7) is 0.869. The van der Waals surface area contributed by atoms with Crippen LogP contribution in [0.25, 0.3) is 10.9 Å². The average Bonchev–Trinajstić information content (AvgIpc) is 3.26. The Bertz CT molecular complexity index is 900. The van der Waals surface area contributed by atoms with Gasteiger partial charge in [-0.3, -0.25) is 4.98 Å². The molecule has 2 heterocycles. The van der Waals surface area contributed by atoms with E-state index in [9.17, 15) is 0 Å². The number of aromatic nitrogens is 1. The molecule has 0 saturated heterocycles. The van der Waals surface area contributed by atoms with Crippen LogP contribution >= 0.6 is 0 Å². The van der Waals surface area contributed by atoms with Crippen molar-refractivity contribution in [2.45, 2.75) is 0 Å². The summed E-state index contributed by atoms with van der Waals surface area (Å²) in [5.41, 5.74) is 3.51. The van der Waals surface area contributed by atoms with Crippen molar-refractivity contribution in [2.75, 3.05) is 16.5 Å². The Kier molecular flexibility index (Phi) is 5.11. The van der Waals surface area contributed by atoms with Crippen molar-refractivity contribution in [1.29, 1.82) is 0 Å². The number of fused-ring (bicyclic) bond motifs is 1. The predicted molar refractivity (Wildman–Crippen MR) is 114 cm³/mol. The van der Waals surface area contributed by atoms with E-state index in [2.05, 4.69) is 87.8 Å². The van der Waals surface area contributed by atoms with Crippen LogP contribution in [-0.2, 0) is 0 Å². The van der Waals surface area contributed by atoms with Crippen LogP contribution in [0.5, 0.6) is 0 Å². The van der Waals surface area contributed by atoms with Gasteiger partial charge >= 0.3 is 0 Å². The van der Waals surface area contributed by atoms with Gasteiger partial charge in [-0.25, -0.2) is 0 Å². The van der Waals surface area contributed by atoms with Crippen molar-refractivity contribution in [3.8, 4) is 0 Å². The first-order chi connectivity index (χ1) is 13.4. The lowest BCUT2D eigenvalue weighted by Gasteiger charge is -2.21. The Morgan fingerprint density at radius 1 is 0.556 bits per heavy atom. The number of benzene rings is 3. The van der Waals surface area contributed by atoms with Crippen LogP contribution in [0, 0.1) is 0 Å². The summed E-state index contributed by atoms with van der Waals surface area (Å²) in [7, 11) is 0. The molecule has 0 bridgehead atoms. The van der Waals surface area contributed by atoms with E-state index in [-0.39, 0.29) is 0 Å². The Morgan fingerprint density at radius 2 is 1.07 bits per heavy atom. The molecule has 0 saturated carbocycles. The van der Waals surface area contributed by atoms with E-state index >= 15 is 0 Å². The van der Waals surface area contributed by atoms with Crippen LogP contribution < -0.4 is 9.80 Å². The van der Waals surface area contributed by atoms with Gasteiger partial charge in [-0.15, -0.1) is 0 Å². The third kappa shape index (κ3) is 4.15. The first kappa shape index (κ1) is 16.9. The summed E-state index contributed by atoms with van der Waals surface area (Å²) >= 11 is 0. The monoisotopic (exact) mass is 351 g/mol. The fourth-order valence-electron chi connectivity index (χ4n) is 3.01. The van der Waals surface area contributed by atoms with E-state index in [0.717, 1.165) is 12.2 Å². The second kappa shape index (κ2) is 8.19. The van der Waals surface area contributed by atoms with Gasteiger partial charge in [0.2, 0.25) is 0 Å². The lowest BCUT2D eigenvalue weighted by molar-refractivity contribution is 0.976. The molecule has 5 rings (SSSR count). The molecule has 1 aliphatic rings. The van der Waals surface area contributed by atoms with Crippen LogP contribution in [0.2, 0.25) is 0 Å². The highest BCUT2D eigenvalue weighted by molar-refractivity contribution is 5.77. The summed E-state index contributed by atoms with van der Waals surface area (Å²) in [4.78, 5) is 8.64. The Balaban J connectivity index is 0.000000153. The number of rotatable bonds is 2. The summed E-state index contributed by atoms with van der Waals surface area (Å²) in [6.07, 6.45) is 6.03. The maximum absolute atomic E-state index is 4.18. The van der Waals surface area contributed by atoms with E-state index in [1.165, 1.54) is 16.8 Å². The molecule has 3 heteroatoms. The van der Waals surface area contributed by atoms with E-state index in [0.29, 0.717) is 0 Å². The van der Waals surface area contributed by atoms with E-state index in [1.54, 1.807) is 0 Å². The summed E-state index contributed by atoms with van der Waals surface area (Å²) in [5, 5.41) is 1.20. The van der Waals surface area contributed by atoms with Gasteiger partial charge in [0.05, 0.1) is 12.2 Å². The zero-order chi connectivity index (χ0) is 18.3. The van der Waals surface area contributed by atoms with E-state index in [1.807, 2.05) is 42.6 Å². The minimum Gasteiger partial charge on any atom is -0.328 e. The topological polar surface area (TPSA) is 19.4 Å². The van der Waals surface area contributed by atoms with Gasteiger partial charge in [0.15, 0.2) is 0 Å². The third-order valence-corrected chi connectivity index (χ3v) is 4.42. The first-order valence-electron chi connectivity index (χ1n) is 9.02. The molecule has 0 radical (unpaired) electrons. The normalized spacial score (nSPS) is 12.7. The van der Waals surface area contributed by atoms with Crippen molar-refractivity contribution in [3.63, 3.8) is 0 Å². The standard InChI is InChI=1S/C15H14N2.C9H7N/c1-3-7-14(8-4-1)16-11-12-17(13-16)15-9-5-2-6-10-15;1-2-6-9-8(4-1)5-3-7-10-9/h1-12H,13H2;1-7H.